The van der Waals surface area contributed by atoms with Gasteiger partial charge in [-0.05, 0) is 6.92 Å². The molecular weight excluding hydrogens is 144 g/mol. The van der Waals surface area contributed by atoms with E-state index >= 15 is 0 Å². The summed E-state index contributed by atoms with van der Waals surface area (Å²) in [6.07, 6.45) is 0.586. The fourth-order valence-corrected chi connectivity index (χ4v) is 0.713. The third-order valence-electron chi connectivity index (χ3n) is 1.44. The van der Waals surface area contributed by atoms with Gasteiger partial charge in [0.2, 0.25) is 0 Å². The van der Waals surface area contributed by atoms with Gasteiger partial charge in [0.1, 0.15) is 0 Å². The van der Waals surface area contributed by atoms with Gasteiger partial charge in [-0.2, -0.15) is 0 Å². The Morgan fingerprint density at radius 3 is 2.73 bits per heavy atom. The van der Waals surface area contributed by atoms with E-state index in [4.69, 9.17) is 10.8 Å². The lowest BCUT2D eigenvalue weighted by Gasteiger charge is -2.23. The van der Waals surface area contributed by atoms with Crippen molar-refractivity contribution in [2.24, 2.45) is 5.73 Å². The highest BCUT2D eigenvalue weighted by Crippen LogP contribution is 1.97. The van der Waals surface area contributed by atoms with E-state index in [2.05, 4.69) is 6.58 Å². The summed E-state index contributed by atoms with van der Waals surface area (Å²) in [5.41, 5.74) is 5.30. The highest BCUT2D eigenvalue weighted by atomic mass is 16.4. The van der Waals surface area contributed by atoms with E-state index in [-0.39, 0.29) is 6.04 Å². The largest absolute Gasteiger partial charge is 0.465 e. The Kier molecular flexibility index (Phi) is 4.29. The van der Waals surface area contributed by atoms with Crippen LogP contribution < -0.4 is 5.73 Å². The fraction of sp³-hybridized carbons (Fsp3) is 0.571. The second-order valence-corrected chi connectivity index (χ2v) is 2.31. The van der Waals surface area contributed by atoms with Crippen molar-refractivity contribution in [3.05, 3.63) is 12.7 Å². The molecule has 0 spiro atoms. The molecule has 11 heavy (non-hydrogen) atoms. The first-order valence-electron chi connectivity index (χ1n) is 3.44. The molecule has 0 aromatic heterocycles. The third-order valence-corrected chi connectivity index (χ3v) is 1.44. The minimum Gasteiger partial charge on any atom is -0.465 e. The number of nitrogens with two attached hydrogens (primary N) is 1. The van der Waals surface area contributed by atoms with Crippen molar-refractivity contribution >= 4 is 6.09 Å². The van der Waals surface area contributed by atoms with Crippen LogP contribution >= 0.6 is 0 Å². The number of amides is 1. The van der Waals surface area contributed by atoms with Crippen molar-refractivity contribution in [3.8, 4) is 0 Å². The molecule has 3 N–H and O–H groups in total. The lowest BCUT2D eigenvalue weighted by molar-refractivity contribution is 0.136. The number of carboxylic acid groups (broad SMARTS) is 1. The van der Waals surface area contributed by atoms with Gasteiger partial charge < -0.3 is 15.7 Å². The summed E-state index contributed by atoms with van der Waals surface area (Å²) < 4.78 is 0. The number of hydrogen-bond donors (Lipinski definition) is 2. The number of nitrogens with zero attached hydrogens (tertiary/aromatic N) is 1. The summed E-state index contributed by atoms with van der Waals surface area (Å²) in [7, 11) is 0. The first-order chi connectivity index (χ1) is 5.13. The standard InChI is InChI=1S/C7H14N2O2/c1-3-4-9(7(10)11)6(2)5-8/h3,6H,1,4-5,8H2,2H3,(H,10,11). The van der Waals surface area contributed by atoms with Crippen LogP contribution in [0.5, 0.6) is 0 Å². The van der Waals surface area contributed by atoms with Gasteiger partial charge in [-0.3, -0.25) is 0 Å². The Labute approximate surface area is 66.3 Å². The van der Waals surface area contributed by atoms with Crippen LogP contribution in [0.4, 0.5) is 4.79 Å². The van der Waals surface area contributed by atoms with E-state index in [1.807, 2.05) is 0 Å². The number of hydrogen-bond acceptors (Lipinski definition) is 2. The summed E-state index contributed by atoms with van der Waals surface area (Å²) in [4.78, 5) is 11.8. The summed E-state index contributed by atoms with van der Waals surface area (Å²) in [5.74, 6) is 0. The monoisotopic (exact) mass is 158 g/mol. The molecule has 1 amide bonds. The molecule has 0 aliphatic rings. The average molecular weight is 158 g/mol. The van der Waals surface area contributed by atoms with E-state index < -0.39 is 6.09 Å². The molecule has 0 saturated carbocycles. The van der Waals surface area contributed by atoms with Gasteiger partial charge in [-0.25, -0.2) is 4.79 Å². The van der Waals surface area contributed by atoms with Crippen LogP contribution in [-0.4, -0.2) is 35.2 Å². The second-order valence-electron chi connectivity index (χ2n) is 2.31. The van der Waals surface area contributed by atoms with Crippen molar-refractivity contribution in [1.29, 1.82) is 0 Å². The SMILES string of the molecule is C=CCN(C(=O)O)C(C)CN. The van der Waals surface area contributed by atoms with Gasteiger partial charge in [0.15, 0.2) is 0 Å². The lowest BCUT2D eigenvalue weighted by Crippen LogP contribution is -2.41. The first-order valence-corrected chi connectivity index (χ1v) is 3.44. The van der Waals surface area contributed by atoms with E-state index in [0.717, 1.165) is 0 Å². The Morgan fingerprint density at radius 1 is 1.91 bits per heavy atom. The summed E-state index contributed by atoms with van der Waals surface area (Å²) in [6, 6.07) is -0.148. The average Bonchev–Trinajstić information content (AvgIpc) is 1.98. The fourth-order valence-electron chi connectivity index (χ4n) is 0.713. The minimum absolute atomic E-state index is 0.148. The van der Waals surface area contributed by atoms with Crippen molar-refractivity contribution in [3.63, 3.8) is 0 Å². The van der Waals surface area contributed by atoms with Gasteiger partial charge in [-0.1, -0.05) is 6.08 Å². The molecule has 0 rings (SSSR count). The smallest absolute Gasteiger partial charge is 0.407 e. The lowest BCUT2D eigenvalue weighted by atomic mass is 10.3. The molecule has 0 aromatic carbocycles. The van der Waals surface area contributed by atoms with E-state index in [9.17, 15) is 4.79 Å². The van der Waals surface area contributed by atoms with Crippen LogP contribution in [-0.2, 0) is 0 Å². The molecule has 0 bridgehead atoms. The molecule has 64 valence electrons. The molecule has 0 radical (unpaired) electrons. The molecule has 0 heterocycles. The Bertz CT molecular complexity index is 147. The van der Waals surface area contributed by atoms with Crippen LogP contribution in [0, 0.1) is 0 Å². The zero-order valence-electron chi connectivity index (χ0n) is 6.66. The normalized spacial score (nSPS) is 12.2. The molecule has 4 heteroatoms. The summed E-state index contributed by atoms with van der Waals surface area (Å²) in [5, 5.41) is 8.63. The predicted molar refractivity (Wildman–Crippen MR) is 43.4 cm³/mol. The number of carbonyl (C=O) groups is 1. The van der Waals surface area contributed by atoms with Crippen molar-refractivity contribution in [2.75, 3.05) is 13.1 Å². The van der Waals surface area contributed by atoms with E-state index in [0.29, 0.717) is 13.1 Å². The van der Waals surface area contributed by atoms with Crippen LogP contribution in [0.15, 0.2) is 12.7 Å². The summed E-state index contributed by atoms with van der Waals surface area (Å²) in [6.45, 7) is 5.88. The maximum absolute atomic E-state index is 10.5. The van der Waals surface area contributed by atoms with Crippen LogP contribution in [0.1, 0.15) is 6.92 Å². The van der Waals surface area contributed by atoms with Gasteiger partial charge in [0.25, 0.3) is 0 Å². The Morgan fingerprint density at radius 2 is 2.45 bits per heavy atom. The Hall–Kier alpha value is -1.03. The molecule has 0 aliphatic heterocycles. The molecular formula is C7H14N2O2. The van der Waals surface area contributed by atoms with Gasteiger partial charge in [0.05, 0.1) is 0 Å². The van der Waals surface area contributed by atoms with E-state index in [1.165, 1.54) is 4.90 Å². The molecule has 1 unspecified atom stereocenters. The highest BCUT2D eigenvalue weighted by Gasteiger charge is 2.15. The minimum atomic E-state index is -0.956. The van der Waals surface area contributed by atoms with Crippen molar-refractivity contribution in [1.82, 2.24) is 4.90 Å². The van der Waals surface area contributed by atoms with Gasteiger partial charge in [0, 0.05) is 19.1 Å². The van der Waals surface area contributed by atoms with Crippen LogP contribution in [0.3, 0.4) is 0 Å². The van der Waals surface area contributed by atoms with Crippen LogP contribution in [0.25, 0.3) is 0 Å². The molecule has 1 atom stereocenters. The quantitative estimate of drug-likeness (QED) is 0.585. The zero-order chi connectivity index (χ0) is 8.85. The van der Waals surface area contributed by atoms with Crippen molar-refractivity contribution < 1.29 is 9.90 Å². The molecule has 0 aliphatic carbocycles. The molecule has 0 saturated heterocycles. The first kappa shape index (κ1) is 9.97. The topological polar surface area (TPSA) is 66.6 Å². The molecule has 0 aromatic rings. The highest BCUT2D eigenvalue weighted by molar-refractivity contribution is 5.65. The maximum atomic E-state index is 10.5. The maximum Gasteiger partial charge on any atom is 0.407 e. The Balaban J connectivity index is 4.08. The van der Waals surface area contributed by atoms with Crippen LogP contribution in [0.2, 0.25) is 0 Å². The second kappa shape index (κ2) is 4.73. The third kappa shape index (κ3) is 3.04. The molecule has 4 nitrogen and oxygen atoms in total. The number of rotatable bonds is 4. The van der Waals surface area contributed by atoms with Crippen molar-refractivity contribution in [2.45, 2.75) is 13.0 Å². The van der Waals surface area contributed by atoms with Gasteiger partial charge in [-0.15, -0.1) is 6.58 Å². The zero-order valence-corrected chi connectivity index (χ0v) is 6.66. The van der Waals surface area contributed by atoms with Gasteiger partial charge >= 0.3 is 6.09 Å². The molecule has 0 fully saturated rings. The predicted octanol–water partition coefficient (Wildman–Crippen LogP) is 0.500. The summed E-state index contributed by atoms with van der Waals surface area (Å²) >= 11 is 0. The van der Waals surface area contributed by atoms with E-state index in [1.54, 1.807) is 13.0 Å².